The van der Waals surface area contributed by atoms with Crippen LogP contribution in [-0.4, -0.2) is 52.7 Å². The van der Waals surface area contributed by atoms with Gasteiger partial charge in [-0.3, -0.25) is 14.7 Å². The molecule has 2 aliphatic rings. The molecule has 144 valence electrons. The number of hydrogen-bond acceptors (Lipinski definition) is 4. The summed E-state index contributed by atoms with van der Waals surface area (Å²) in [6, 6.07) is 10.5. The minimum Gasteiger partial charge on any atom is -0.391 e. The number of carbonyl (C=O) groups is 1. The van der Waals surface area contributed by atoms with Crippen molar-refractivity contribution in [2.45, 2.75) is 50.7 Å². The molecule has 0 unspecified atom stereocenters. The fourth-order valence-corrected chi connectivity index (χ4v) is 4.61. The number of carbonyl (C=O) groups excluding carboxylic acids is 1. The van der Waals surface area contributed by atoms with E-state index in [0.29, 0.717) is 19.1 Å². The van der Waals surface area contributed by atoms with Crippen molar-refractivity contribution < 1.29 is 9.90 Å². The number of hydrogen-bond donors (Lipinski definition) is 2. The van der Waals surface area contributed by atoms with E-state index in [1.54, 1.807) is 0 Å². The van der Waals surface area contributed by atoms with Gasteiger partial charge >= 0.3 is 0 Å². The van der Waals surface area contributed by atoms with Crippen LogP contribution in [0.5, 0.6) is 0 Å². The van der Waals surface area contributed by atoms with Crippen molar-refractivity contribution in [1.82, 2.24) is 15.2 Å². The molecule has 2 aromatic rings. The van der Waals surface area contributed by atoms with Gasteiger partial charge in [0, 0.05) is 36.6 Å². The minimum atomic E-state index is -0.389. The molecular formula is C22H29N3O2. The summed E-state index contributed by atoms with van der Waals surface area (Å²) in [5.41, 5.74) is 2.21. The first-order chi connectivity index (χ1) is 13.2. The number of aromatic nitrogens is 1. The van der Waals surface area contributed by atoms with Gasteiger partial charge in [0.1, 0.15) is 0 Å². The summed E-state index contributed by atoms with van der Waals surface area (Å²) in [7, 11) is 0. The molecule has 2 heterocycles. The monoisotopic (exact) mass is 367 g/mol. The number of para-hydroxylation sites is 1. The Morgan fingerprint density at radius 1 is 1.15 bits per heavy atom. The Balaban J connectivity index is 1.34. The van der Waals surface area contributed by atoms with E-state index in [9.17, 15) is 9.90 Å². The molecule has 2 N–H and O–H groups in total. The van der Waals surface area contributed by atoms with Gasteiger partial charge in [0.05, 0.1) is 18.2 Å². The molecule has 0 bridgehead atoms. The topological polar surface area (TPSA) is 65.5 Å². The van der Waals surface area contributed by atoms with Crippen molar-refractivity contribution in [2.75, 3.05) is 19.6 Å². The van der Waals surface area contributed by atoms with Crippen molar-refractivity contribution >= 4 is 16.8 Å². The summed E-state index contributed by atoms with van der Waals surface area (Å²) in [6.07, 6.45) is 8.19. The zero-order valence-electron chi connectivity index (χ0n) is 15.8. The molecule has 0 spiro atoms. The SMILES string of the molecule is O=C(CN1C[C@@H](Cc2ccnc3ccccc23)[C@@H](O)C1)NC1CCCCC1. The predicted molar refractivity (Wildman–Crippen MR) is 106 cm³/mol. The smallest absolute Gasteiger partial charge is 0.234 e. The average Bonchev–Trinajstić information content (AvgIpc) is 3.01. The Morgan fingerprint density at radius 3 is 2.81 bits per heavy atom. The number of benzene rings is 1. The highest BCUT2D eigenvalue weighted by atomic mass is 16.3. The third kappa shape index (κ3) is 4.47. The van der Waals surface area contributed by atoms with Gasteiger partial charge in [-0.25, -0.2) is 0 Å². The fraction of sp³-hybridized carbons (Fsp3) is 0.545. The Hall–Kier alpha value is -1.98. The van der Waals surface area contributed by atoms with Crippen LogP contribution in [0.25, 0.3) is 10.9 Å². The van der Waals surface area contributed by atoms with Crippen molar-refractivity contribution in [2.24, 2.45) is 5.92 Å². The van der Waals surface area contributed by atoms with Gasteiger partial charge in [0.2, 0.25) is 5.91 Å². The maximum absolute atomic E-state index is 12.4. The number of rotatable bonds is 5. The lowest BCUT2D eigenvalue weighted by molar-refractivity contribution is -0.123. The van der Waals surface area contributed by atoms with E-state index < -0.39 is 0 Å². The second-order valence-corrected chi connectivity index (χ2v) is 8.12. The van der Waals surface area contributed by atoms with Crippen molar-refractivity contribution in [3.8, 4) is 0 Å². The maximum Gasteiger partial charge on any atom is 0.234 e. The van der Waals surface area contributed by atoms with Crippen molar-refractivity contribution in [1.29, 1.82) is 0 Å². The molecule has 2 atom stereocenters. The fourth-order valence-electron chi connectivity index (χ4n) is 4.61. The zero-order chi connectivity index (χ0) is 18.6. The van der Waals surface area contributed by atoms with Crippen LogP contribution in [-0.2, 0) is 11.2 Å². The maximum atomic E-state index is 12.4. The number of aliphatic hydroxyl groups excluding tert-OH is 1. The molecule has 27 heavy (non-hydrogen) atoms. The molecule has 5 heteroatoms. The quantitative estimate of drug-likeness (QED) is 0.852. The Bertz CT molecular complexity index is 783. The van der Waals surface area contributed by atoms with E-state index in [4.69, 9.17) is 0 Å². The van der Waals surface area contributed by atoms with Gasteiger partial charge < -0.3 is 10.4 Å². The first kappa shape index (κ1) is 18.4. The lowest BCUT2D eigenvalue weighted by Gasteiger charge is -2.24. The standard InChI is InChI=1S/C22H29N3O2/c26-21-14-25(15-22(27)24-18-6-2-1-3-7-18)13-17(21)12-16-10-11-23-20-9-5-4-8-19(16)20/h4-5,8-11,17-18,21,26H,1-3,6-7,12-15H2,(H,24,27)/t17-,21+/m1/s1. The van der Waals surface area contributed by atoms with E-state index in [1.807, 2.05) is 30.5 Å². The summed E-state index contributed by atoms with van der Waals surface area (Å²) in [6.45, 7) is 1.73. The number of nitrogens with one attached hydrogen (secondary N) is 1. The Kier molecular flexibility index (Phi) is 5.69. The number of aliphatic hydroxyl groups is 1. The number of nitrogens with zero attached hydrogens (tertiary/aromatic N) is 2. The van der Waals surface area contributed by atoms with Crippen LogP contribution < -0.4 is 5.32 Å². The first-order valence-electron chi connectivity index (χ1n) is 10.2. The summed E-state index contributed by atoms with van der Waals surface area (Å²) in [4.78, 5) is 18.9. The van der Waals surface area contributed by atoms with Crippen LogP contribution in [0.1, 0.15) is 37.7 Å². The van der Waals surface area contributed by atoms with E-state index in [1.165, 1.54) is 24.8 Å². The number of likely N-dealkylation sites (tertiary alicyclic amines) is 1. The van der Waals surface area contributed by atoms with E-state index in [-0.39, 0.29) is 17.9 Å². The van der Waals surface area contributed by atoms with Crippen molar-refractivity contribution in [3.05, 3.63) is 42.1 Å². The van der Waals surface area contributed by atoms with Crippen LogP contribution in [0.2, 0.25) is 0 Å². The van der Waals surface area contributed by atoms with Gasteiger partial charge in [-0.15, -0.1) is 0 Å². The van der Waals surface area contributed by atoms with Gasteiger partial charge in [-0.2, -0.15) is 0 Å². The molecule has 1 saturated carbocycles. The van der Waals surface area contributed by atoms with Crippen LogP contribution in [0, 0.1) is 5.92 Å². The molecular weight excluding hydrogens is 338 g/mol. The van der Waals surface area contributed by atoms with Gasteiger partial charge in [0.25, 0.3) is 0 Å². The summed E-state index contributed by atoms with van der Waals surface area (Å²) < 4.78 is 0. The average molecular weight is 367 g/mol. The third-order valence-electron chi connectivity index (χ3n) is 6.04. The molecule has 1 aromatic heterocycles. The molecule has 1 aliphatic carbocycles. The van der Waals surface area contributed by atoms with E-state index in [0.717, 1.165) is 36.7 Å². The second kappa shape index (κ2) is 8.36. The number of amides is 1. The van der Waals surface area contributed by atoms with Gasteiger partial charge in [-0.05, 0) is 37.0 Å². The van der Waals surface area contributed by atoms with Gasteiger partial charge in [-0.1, -0.05) is 37.5 Å². The lowest BCUT2D eigenvalue weighted by atomic mass is 9.94. The van der Waals surface area contributed by atoms with Crippen LogP contribution in [0.3, 0.4) is 0 Å². The Labute approximate surface area is 160 Å². The second-order valence-electron chi connectivity index (χ2n) is 8.12. The third-order valence-corrected chi connectivity index (χ3v) is 6.04. The van der Waals surface area contributed by atoms with Crippen LogP contribution in [0.4, 0.5) is 0 Å². The molecule has 2 fully saturated rings. The highest BCUT2D eigenvalue weighted by Gasteiger charge is 2.32. The summed E-state index contributed by atoms with van der Waals surface area (Å²) in [5, 5.41) is 14.9. The van der Waals surface area contributed by atoms with E-state index in [2.05, 4.69) is 21.3 Å². The normalized spacial score (nSPS) is 24.3. The molecule has 0 radical (unpaired) electrons. The summed E-state index contributed by atoms with van der Waals surface area (Å²) >= 11 is 0. The molecule has 1 amide bonds. The van der Waals surface area contributed by atoms with Crippen molar-refractivity contribution in [3.63, 3.8) is 0 Å². The van der Waals surface area contributed by atoms with Gasteiger partial charge in [0.15, 0.2) is 0 Å². The number of fused-ring (bicyclic) bond motifs is 1. The molecule has 1 aliphatic heterocycles. The number of pyridine rings is 1. The molecule has 4 rings (SSSR count). The highest BCUT2D eigenvalue weighted by molar-refractivity contribution is 5.81. The van der Waals surface area contributed by atoms with Crippen LogP contribution in [0.15, 0.2) is 36.5 Å². The van der Waals surface area contributed by atoms with Crippen LogP contribution >= 0.6 is 0 Å². The predicted octanol–water partition coefficient (Wildman–Crippen LogP) is 2.52. The van der Waals surface area contributed by atoms with E-state index >= 15 is 0 Å². The lowest BCUT2D eigenvalue weighted by Crippen LogP contribution is -2.42. The minimum absolute atomic E-state index is 0.101. The zero-order valence-corrected chi connectivity index (χ0v) is 15.8. The Morgan fingerprint density at radius 2 is 1.96 bits per heavy atom. The molecule has 1 saturated heterocycles. The molecule has 5 nitrogen and oxygen atoms in total. The largest absolute Gasteiger partial charge is 0.391 e. The summed E-state index contributed by atoms with van der Waals surface area (Å²) in [5.74, 6) is 0.252. The highest BCUT2D eigenvalue weighted by Crippen LogP contribution is 2.25. The molecule has 1 aromatic carbocycles. The first-order valence-corrected chi connectivity index (χ1v) is 10.2. The number of β-amino-alcohol motifs (C(OH)–C–C–N with tert-alkyl or cyclic N) is 1.